The van der Waals surface area contributed by atoms with Crippen LogP contribution < -0.4 is 10.1 Å². The minimum Gasteiger partial charge on any atom is -0.497 e. The fourth-order valence-electron chi connectivity index (χ4n) is 2.07. The van der Waals surface area contributed by atoms with Crippen LogP contribution in [0.15, 0.2) is 24.3 Å². The zero-order valence-corrected chi connectivity index (χ0v) is 11.8. The molecule has 0 unspecified atom stereocenters. The number of thioether (sulfide) groups is 1. The van der Waals surface area contributed by atoms with E-state index in [9.17, 15) is 20.4 Å². The van der Waals surface area contributed by atoms with Crippen LogP contribution in [-0.4, -0.2) is 63.1 Å². The average molecular weight is 301 g/mol. The van der Waals surface area contributed by atoms with Crippen molar-refractivity contribution in [3.63, 3.8) is 0 Å². The van der Waals surface area contributed by atoms with E-state index in [1.54, 1.807) is 31.4 Å². The first kappa shape index (κ1) is 15.4. The van der Waals surface area contributed by atoms with Gasteiger partial charge in [0.1, 0.15) is 23.3 Å². The number of methoxy groups -OCH3 is 1. The second kappa shape index (κ2) is 6.64. The molecule has 1 heterocycles. The molecule has 2 rings (SSSR count). The lowest BCUT2D eigenvalue weighted by Gasteiger charge is -2.40. The molecule has 1 aliphatic rings. The number of ether oxygens (including phenoxy) is 1. The third-order valence-corrected chi connectivity index (χ3v) is 4.76. The summed E-state index contributed by atoms with van der Waals surface area (Å²) in [5, 5.41) is 40.7. The summed E-state index contributed by atoms with van der Waals surface area (Å²) < 4.78 is 5.06. The maximum absolute atomic E-state index is 9.98. The normalized spacial score (nSPS) is 33.8. The number of benzene rings is 1. The van der Waals surface area contributed by atoms with E-state index in [2.05, 4.69) is 5.32 Å². The summed E-state index contributed by atoms with van der Waals surface area (Å²) in [5.41, 5.74) is 0.752. The van der Waals surface area contributed by atoms with Crippen molar-refractivity contribution < 1.29 is 25.2 Å². The molecule has 1 fully saturated rings. The Morgan fingerprint density at radius 3 is 2.30 bits per heavy atom. The Balaban J connectivity index is 2.06. The third kappa shape index (κ3) is 3.18. The SMILES string of the molecule is COc1ccc(N[C@@H]2S[C@H](CO)[C@@H](O)[C@H](O)[C@H]2O)cc1. The molecule has 1 aliphatic heterocycles. The largest absolute Gasteiger partial charge is 0.497 e. The fraction of sp³-hybridized carbons (Fsp3) is 0.538. The van der Waals surface area contributed by atoms with E-state index in [1.807, 2.05) is 0 Å². The van der Waals surface area contributed by atoms with Crippen molar-refractivity contribution in [1.29, 1.82) is 0 Å². The molecular weight excluding hydrogens is 282 g/mol. The molecular formula is C13H19NO5S. The lowest BCUT2D eigenvalue weighted by atomic mass is 10.0. The molecule has 0 bridgehead atoms. The molecule has 1 saturated heterocycles. The van der Waals surface area contributed by atoms with Gasteiger partial charge in [-0.2, -0.15) is 0 Å². The zero-order valence-electron chi connectivity index (χ0n) is 11.0. The molecule has 1 aromatic rings. The molecule has 5 atom stereocenters. The first-order valence-electron chi connectivity index (χ1n) is 6.28. The number of nitrogens with one attached hydrogen (secondary N) is 1. The lowest BCUT2D eigenvalue weighted by molar-refractivity contribution is -0.0672. The lowest BCUT2D eigenvalue weighted by Crippen LogP contribution is -2.56. The first-order chi connectivity index (χ1) is 9.56. The number of aliphatic hydroxyl groups excluding tert-OH is 4. The standard InChI is InChI=1S/C13H19NO5S/c1-19-8-4-2-7(3-5-8)14-13-12(18)11(17)10(16)9(6-15)20-13/h2-5,9-18H,6H2,1H3/t9-,10-,11+,12-,13-/m1/s1. The van der Waals surface area contributed by atoms with Gasteiger partial charge >= 0.3 is 0 Å². The molecule has 1 aromatic carbocycles. The molecule has 7 heteroatoms. The number of hydrogen-bond acceptors (Lipinski definition) is 7. The van der Waals surface area contributed by atoms with Crippen LogP contribution in [0.1, 0.15) is 0 Å². The Morgan fingerprint density at radius 1 is 1.10 bits per heavy atom. The summed E-state index contributed by atoms with van der Waals surface area (Å²) in [6.45, 7) is -0.267. The van der Waals surface area contributed by atoms with Gasteiger partial charge < -0.3 is 30.5 Å². The summed E-state index contributed by atoms with van der Waals surface area (Å²) in [7, 11) is 1.58. The second-order valence-electron chi connectivity index (χ2n) is 4.62. The van der Waals surface area contributed by atoms with Gasteiger partial charge in [-0.05, 0) is 24.3 Å². The van der Waals surface area contributed by atoms with E-state index < -0.39 is 28.9 Å². The number of hydrogen-bond donors (Lipinski definition) is 5. The van der Waals surface area contributed by atoms with Gasteiger partial charge in [0.15, 0.2) is 0 Å². The predicted molar refractivity (Wildman–Crippen MR) is 76.9 cm³/mol. The first-order valence-corrected chi connectivity index (χ1v) is 7.22. The average Bonchev–Trinajstić information content (AvgIpc) is 2.48. The number of anilines is 1. The van der Waals surface area contributed by atoms with Gasteiger partial charge in [-0.1, -0.05) is 0 Å². The highest BCUT2D eigenvalue weighted by atomic mass is 32.2. The molecule has 0 aliphatic carbocycles. The van der Waals surface area contributed by atoms with Crippen LogP contribution in [0.25, 0.3) is 0 Å². The van der Waals surface area contributed by atoms with E-state index in [-0.39, 0.29) is 6.61 Å². The summed E-state index contributed by atoms with van der Waals surface area (Å²) in [6, 6.07) is 7.13. The van der Waals surface area contributed by atoms with Crippen LogP contribution in [-0.2, 0) is 0 Å². The van der Waals surface area contributed by atoms with Gasteiger partial charge in [-0.15, -0.1) is 11.8 Å². The van der Waals surface area contributed by atoms with Crippen LogP contribution in [0.5, 0.6) is 5.75 Å². The van der Waals surface area contributed by atoms with Crippen molar-refractivity contribution in [3.05, 3.63) is 24.3 Å². The third-order valence-electron chi connectivity index (χ3n) is 3.29. The summed E-state index contributed by atoms with van der Waals surface area (Å²) >= 11 is 1.20. The maximum Gasteiger partial charge on any atom is 0.119 e. The molecule has 20 heavy (non-hydrogen) atoms. The van der Waals surface area contributed by atoms with Crippen molar-refractivity contribution in [3.8, 4) is 5.75 Å². The highest BCUT2D eigenvalue weighted by Gasteiger charge is 2.42. The summed E-state index contributed by atoms with van der Waals surface area (Å²) in [5.74, 6) is 0.719. The molecule has 0 radical (unpaired) electrons. The van der Waals surface area contributed by atoms with Gasteiger partial charge in [0.25, 0.3) is 0 Å². The minimum atomic E-state index is -1.29. The molecule has 112 valence electrons. The molecule has 0 aromatic heterocycles. The van der Waals surface area contributed by atoms with Crippen LogP contribution >= 0.6 is 11.8 Å². The topological polar surface area (TPSA) is 102 Å². The highest BCUT2D eigenvalue weighted by Crippen LogP contribution is 2.33. The van der Waals surface area contributed by atoms with Gasteiger partial charge in [0.2, 0.25) is 0 Å². The van der Waals surface area contributed by atoms with E-state index in [0.717, 1.165) is 11.4 Å². The van der Waals surface area contributed by atoms with Gasteiger partial charge in [-0.25, -0.2) is 0 Å². The van der Waals surface area contributed by atoms with Crippen molar-refractivity contribution >= 4 is 17.4 Å². The second-order valence-corrected chi connectivity index (χ2v) is 6.01. The van der Waals surface area contributed by atoms with Gasteiger partial charge in [-0.3, -0.25) is 0 Å². The minimum absolute atomic E-state index is 0.267. The zero-order chi connectivity index (χ0) is 14.7. The van der Waals surface area contributed by atoms with E-state index >= 15 is 0 Å². The van der Waals surface area contributed by atoms with Crippen molar-refractivity contribution in [2.75, 3.05) is 19.0 Å². The molecule has 0 amide bonds. The Morgan fingerprint density at radius 2 is 1.75 bits per heavy atom. The molecule has 6 nitrogen and oxygen atoms in total. The van der Waals surface area contributed by atoms with Crippen molar-refractivity contribution in [2.24, 2.45) is 0 Å². The van der Waals surface area contributed by atoms with Crippen LogP contribution in [0, 0.1) is 0 Å². The predicted octanol–water partition coefficient (Wildman–Crippen LogP) is -0.376. The summed E-state index contributed by atoms with van der Waals surface area (Å²) in [6.07, 6.45) is -3.56. The highest BCUT2D eigenvalue weighted by molar-refractivity contribution is 8.00. The molecule has 0 saturated carbocycles. The Hall–Kier alpha value is -0.990. The quantitative estimate of drug-likeness (QED) is 0.517. The van der Waals surface area contributed by atoms with E-state index in [0.29, 0.717) is 0 Å². The van der Waals surface area contributed by atoms with E-state index in [4.69, 9.17) is 4.74 Å². The van der Waals surface area contributed by atoms with Crippen molar-refractivity contribution in [1.82, 2.24) is 0 Å². The summed E-state index contributed by atoms with van der Waals surface area (Å²) in [4.78, 5) is 0. The number of rotatable bonds is 4. The monoisotopic (exact) mass is 301 g/mol. The Bertz CT molecular complexity index is 427. The van der Waals surface area contributed by atoms with Crippen LogP contribution in [0.2, 0.25) is 0 Å². The number of aliphatic hydroxyl groups is 4. The van der Waals surface area contributed by atoms with Crippen LogP contribution in [0.3, 0.4) is 0 Å². The van der Waals surface area contributed by atoms with E-state index in [1.165, 1.54) is 11.8 Å². The van der Waals surface area contributed by atoms with Gasteiger partial charge in [0.05, 0.1) is 25.1 Å². The molecule has 5 N–H and O–H groups in total. The fourth-order valence-corrected chi connectivity index (χ4v) is 3.38. The van der Waals surface area contributed by atoms with Crippen molar-refractivity contribution in [2.45, 2.75) is 28.9 Å². The smallest absolute Gasteiger partial charge is 0.119 e. The Kier molecular flexibility index (Phi) is 5.11. The maximum atomic E-state index is 9.98. The molecule has 0 spiro atoms. The van der Waals surface area contributed by atoms with Crippen LogP contribution in [0.4, 0.5) is 5.69 Å². The van der Waals surface area contributed by atoms with Gasteiger partial charge in [0, 0.05) is 5.69 Å². The Labute approximate surface area is 121 Å².